The van der Waals surface area contributed by atoms with Crippen LogP contribution in [-0.4, -0.2) is 12.1 Å². The Morgan fingerprint density at radius 1 is 0.889 bits per heavy atom. The quantitative estimate of drug-likeness (QED) is 0.259. The van der Waals surface area contributed by atoms with Gasteiger partial charge in [0.1, 0.15) is 6.10 Å². The highest BCUT2D eigenvalue weighted by Crippen LogP contribution is 2.89. The minimum atomic E-state index is -0.0937. The molecule has 0 N–H and O–H groups in total. The molecule has 0 saturated heterocycles. The van der Waals surface area contributed by atoms with Crippen LogP contribution in [0.25, 0.3) is 0 Å². The smallest absolute Gasteiger partial charge is 0.302 e. The summed E-state index contributed by atoms with van der Waals surface area (Å²) < 4.78 is 5.92. The molecule has 36 heavy (non-hydrogen) atoms. The minimum absolute atomic E-state index is 0.0937. The van der Waals surface area contributed by atoms with E-state index in [2.05, 4.69) is 55.0 Å². The zero-order chi connectivity index (χ0) is 26.3. The van der Waals surface area contributed by atoms with Crippen LogP contribution in [0.5, 0.6) is 0 Å². The van der Waals surface area contributed by atoms with Crippen LogP contribution in [0.4, 0.5) is 0 Å². The molecule has 2 nitrogen and oxygen atoms in total. The minimum Gasteiger partial charge on any atom is -0.462 e. The molecule has 2 spiro atoms. The van der Waals surface area contributed by atoms with Crippen molar-refractivity contribution < 1.29 is 9.53 Å². The number of ether oxygens (including phenoxy) is 1. The molecular formula is C34H56O2. The van der Waals surface area contributed by atoms with Gasteiger partial charge in [0.15, 0.2) is 0 Å². The first-order valence-corrected chi connectivity index (χ1v) is 15.6. The predicted octanol–water partition coefficient (Wildman–Crippen LogP) is 9.38. The average molecular weight is 497 g/mol. The Kier molecular flexibility index (Phi) is 6.41. The van der Waals surface area contributed by atoms with E-state index in [0.29, 0.717) is 27.6 Å². The van der Waals surface area contributed by atoms with Gasteiger partial charge >= 0.3 is 5.97 Å². The van der Waals surface area contributed by atoms with E-state index in [1.54, 1.807) is 6.92 Å². The van der Waals surface area contributed by atoms with Gasteiger partial charge in [-0.05, 0) is 135 Å². The van der Waals surface area contributed by atoms with Gasteiger partial charge in [0.2, 0.25) is 0 Å². The summed E-state index contributed by atoms with van der Waals surface area (Å²) >= 11 is 0. The maximum Gasteiger partial charge on any atom is 0.302 e. The Labute approximate surface area is 222 Å². The first kappa shape index (κ1) is 26.8. The molecule has 0 aliphatic heterocycles. The summed E-state index contributed by atoms with van der Waals surface area (Å²) in [5.41, 5.74) is 3.58. The van der Waals surface area contributed by atoms with E-state index in [4.69, 9.17) is 4.74 Å². The number of rotatable bonds is 7. The van der Waals surface area contributed by atoms with Crippen LogP contribution in [-0.2, 0) is 9.53 Å². The number of hydrogen-bond acceptors (Lipinski definition) is 2. The van der Waals surface area contributed by atoms with Crippen molar-refractivity contribution in [3.05, 3.63) is 12.2 Å². The van der Waals surface area contributed by atoms with E-state index in [1.807, 2.05) is 0 Å². The van der Waals surface area contributed by atoms with E-state index < -0.39 is 0 Å². The second kappa shape index (κ2) is 8.61. The van der Waals surface area contributed by atoms with Gasteiger partial charge in [-0.3, -0.25) is 4.79 Å². The Bertz CT molecular complexity index is 903. The van der Waals surface area contributed by atoms with Gasteiger partial charge in [-0.15, -0.1) is 0 Å². The van der Waals surface area contributed by atoms with Crippen LogP contribution in [0.2, 0.25) is 0 Å². The maximum absolute atomic E-state index is 11.9. The summed E-state index contributed by atoms with van der Waals surface area (Å²) in [5.74, 6) is 3.93. The molecule has 5 aliphatic rings. The largest absolute Gasteiger partial charge is 0.462 e. The molecule has 0 amide bonds. The zero-order valence-electron chi connectivity index (χ0n) is 25.0. The number of hydrogen-bond donors (Lipinski definition) is 0. The number of fused-ring (bicyclic) bond motifs is 2. The lowest BCUT2D eigenvalue weighted by Crippen LogP contribution is -2.58. The topological polar surface area (TPSA) is 26.3 Å². The molecular weight excluding hydrogens is 440 g/mol. The van der Waals surface area contributed by atoms with Gasteiger partial charge in [0, 0.05) is 12.3 Å². The fourth-order valence-electron chi connectivity index (χ4n) is 12.2. The Balaban J connectivity index is 1.36. The standard InChI is InChI=1S/C34H56O2/c1-10-25(22(2)3)12-11-23(4)26-15-17-32(9)28-14-13-27-30(6,7)29(36-24(5)35)16-18-33(27)21-34(28,33)20-19-31(26,32)8/h23,25-29H,2,10-21H2,1,3-9H3/t23-,25+,26-,27-,28+,29+,31-,32+,33-,34+/m1/s1. The van der Waals surface area contributed by atoms with E-state index >= 15 is 0 Å². The highest BCUT2D eigenvalue weighted by atomic mass is 16.5. The third kappa shape index (κ3) is 3.43. The Morgan fingerprint density at radius 3 is 2.19 bits per heavy atom. The van der Waals surface area contributed by atoms with Crippen LogP contribution in [0.3, 0.4) is 0 Å². The molecule has 5 saturated carbocycles. The maximum atomic E-state index is 11.9. The van der Waals surface area contributed by atoms with Gasteiger partial charge in [0.05, 0.1) is 0 Å². The van der Waals surface area contributed by atoms with Crippen molar-refractivity contribution in [3.63, 3.8) is 0 Å². The van der Waals surface area contributed by atoms with Crippen molar-refractivity contribution >= 4 is 5.97 Å². The third-order valence-corrected chi connectivity index (χ3v) is 14.3. The molecule has 0 aromatic rings. The van der Waals surface area contributed by atoms with Gasteiger partial charge in [-0.1, -0.05) is 53.7 Å². The first-order chi connectivity index (χ1) is 16.8. The monoisotopic (exact) mass is 496 g/mol. The SMILES string of the molecule is C=C(C)[C@@H](CC)CC[C@@H](C)[C@H]1CC[C@@]2(C)[C@@H]3CC[C@@H]4C(C)(C)[C@@H](OC(C)=O)CC[C@@]45C[C@@]35CC[C@]12C. The summed E-state index contributed by atoms with van der Waals surface area (Å²) in [6.45, 7) is 23.4. The van der Waals surface area contributed by atoms with Crippen molar-refractivity contribution in [2.75, 3.05) is 0 Å². The van der Waals surface area contributed by atoms with Crippen LogP contribution in [0, 0.1) is 56.7 Å². The molecule has 0 aromatic heterocycles. The molecule has 0 aromatic carbocycles. The summed E-state index contributed by atoms with van der Waals surface area (Å²) in [4.78, 5) is 11.9. The molecule has 2 heteroatoms. The lowest BCUT2D eigenvalue weighted by atomic mass is 9.41. The number of esters is 1. The van der Waals surface area contributed by atoms with Gasteiger partial charge in [-0.25, -0.2) is 0 Å². The highest BCUT2D eigenvalue weighted by molar-refractivity contribution is 5.66. The van der Waals surface area contributed by atoms with Crippen molar-refractivity contribution in [1.29, 1.82) is 0 Å². The first-order valence-electron chi connectivity index (χ1n) is 15.6. The van der Waals surface area contributed by atoms with Gasteiger partial charge in [-0.2, -0.15) is 0 Å². The second-order valence-electron chi connectivity index (χ2n) is 15.6. The summed E-state index contributed by atoms with van der Waals surface area (Å²) in [5, 5.41) is 0. The van der Waals surface area contributed by atoms with Crippen LogP contribution < -0.4 is 0 Å². The molecule has 10 atom stereocenters. The fourth-order valence-corrected chi connectivity index (χ4v) is 12.2. The summed E-state index contributed by atoms with van der Waals surface area (Å²) in [7, 11) is 0. The molecule has 0 heterocycles. The molecule has 204 valence electrons. The summed E-state index contributed by atoms with van der Waals surface area (Å²) in [6, 6.07) is 0. The van der Waals surface area contributed by atoms with Crippen LogP contribution >= 0.6 is 0 Å². The number of carbonyl (C=O) groups excluding carboxylic acids is 1. The normalized spacial score (nSPS) is 48.0. The van der Waals surface area contributed by atoms with E-state index in [-0.39, 0.29) is 17.5 Å². The number of carbonyl (C=O) groups is 1. The predicted molar refractivity (Wildman–Crippen MR) is 149 cm³/mol. The van der Waals surface area contributed by atoms with E-state index in [9.17, 15) is 4.79 Å². The molecule has 5 fully saturated rings. The Morgan fingerprint density at radius 2 is 1.56 bits per heavy atom. The van der Waals surface area contributed by atoms with Crippen LogP contribution in [0.1, 0.15) is 132 Å². The van der Waals surface area contributed by atoms with Crippen molar-refractivity contribution in [1.82, 2.24) is 0 Å². The van der Waals surface area contributed by atoms with E-state index in [0.717, 1.165) is 30.1 Å². The third-order valence-electron chi connectivity index (χ3n) is 14.3. The van der Waals surface area contributed by atoms with Crippen molar-refractivity contribution in [3.8, 4) is 0 Å². The van der Waals surface area contributed by atoms with Crippen LogP contribution in [0.15, 0.2) is 12.2 Å². The fraction of sp³-hybridized carbons (Fsp3) is 0.912. The lowest BCUT2D eigenvalue weighted by Gasteiger charge is -2.63. The molecule has 0 radical (unpaired) electrons. The summed E-state index contributed by atoms with van der Waals surface area (Å²) in [6.07, 6.45) is 16.4. The second-order valence-corrected chi connectivity index (χ2v) is 15.6. The highest BCUT2D eigenvalue weighted by Gasteiger charge is 2.82. The Hall–Kier alpha value is -0.790. The van der Waals surface area contributed by atoms with Crippen molar-refractivity contribution in [2.45, 2.75) is 139 Å². The van der Waals surface area contributed by atoms with Gasteiger partial charge < -0.3 is 4.74 Å². The molecule has 0 bridgehead atoms. The van der Waals surface area contributed by atoms with E-state index in [1.165, 1.54) is 76.2 Å². The van der Waals surface area contributed by atoms with Gasteiger partial charge in [0.25, 0.3) is 0 Å². The van der Waals surface area contributed by atoms with Crippen molar-refractivity contribution in [2.24, 2.45) is 56.7 Å². The molecule has 0 unspecified atom stereocenters. The number of allylic oxidation sites excluding steroid dienone is 1. The lowest BCUT2D eigenvalue weighted by molar-refractivity contribution is -0.181. The molecule has 5 rings (SSSR count). The zero-order valence-corrected chi connectivity index (χ0v) is 25.0. The average Bonchev–Trinajstić information content (AvgIpc) is 3.38. The molecule has 5 aliphatic carbocycles.